The third kappa shape index (κ3) is 4.24. The molecule has 0 bridgehead atoms. The van der Waals surface area contributed by atoms with Crippen LogP contribution in [-0.2, 0) is 21.2 Å². The van der Waals surface area contributed by atoms with Gasteiger partial charge in [-0.3, -0.25) is 4.98 Å². The van der Waals surface area contributed by atoms with E-state index in [2.05, 4.69) is 15.4 Å². The van der Waals surface area contributed by atoms with E-state index in [1.807, 2.05) is 0 Å². The molecule has 2 aromatic heterocycles. The van der Waals surface area contributed by atoms with E-state index >= 15 is 0 Å². The van der Waals surface area contributed by atoms with Gasteiger partial charge in [0.25, 0.3) is 0 Å². The summed E-state index contributed by atoms with van der Waals surface area (Å²) in [5, 5.41) is 5.89. The number of benzene rings is 1. The average molecular weight is 422 g/mol. The topological polar surface area (TPSA) is 103 Å². The Kier molecular flexibility index (Phi) is 5.59. The highest BCUT2D eigenvalue weighted by Gasteiger charge is 2.27. The number of carbonyl (C=O) groups is 1. The third-order valence-corrected chi connectivity index (χ3v) is 5.59. The molecule has 0 fully saturated rings. The van der Waals surface area contributed by atoms with Crippen molar-refractivity contribution in [1.29, 1.82) is 0 Å². The van der Waals surface area contributed by atoms with Crippen molar-refractivity contribution >= 4 is 15.9 Å². The molecule has 11 heteroatoms. The molecular weight excluding hydrogens is 406 g/mol. The summed E-state index contributed by atoms with van der Waals surface area (Å²) in [6, 6.07) is 6.68. The van der Waals surface area contributed by atoms with E-state index < -0.39 is 27.6 Å². The number of hydrogen-bond acceptors (Lipinski definition) is 6. The summed E-state index contributed by atoms with van der Waals surface area (Å²) in [6.07, 6.45) is 0.420. The number of sulfone groups is 1. The standard InChI is InChI=1S/C18H16F2N4O4S/c1-11-3-5-14(9-22-11)29(26,27)17-8-13(10-28-18(25)21-2)23-24(17)16-6-4-12(19)7-15(16)20/h3-9H,10H2,1-2H3,(H,21,25). The van der Waals surface area contributed by atoms with Crippen molar-refractivity contribution in [3.05, 3.63) is 65.6 Å². The summed E-state index contributed by atoms with van der Waals surface area (Å²) in [4.78, 5) is 15.1. The lowest BCUT2D eigenvalue weighted by Gasteiger charge is -2.09. The smallest absolute Gasteiger partial charge is 0.407 e. The predicted molar refractivity (Wildman–Crippen MR) is 97.2 cm³/mol. The Labute approximate surface area is 165 Å². The second kappa shape index (κ2) is 7.95. The zero-order chi connectivity index (χ0) is 21.2. The summed E-state index contributed by atoms with van der Waals surface area (Å²) in [5.74, 6) is -1.83. The van der Waals surface area contributed by atoms with Crippen LogP contribution in [0.2, 0.25) is 0 Å². The maximum absolute atomic E-state index is 14.3. The van der Waals surface area contributed by atoms with E-state index in [0.29, 0.717) is 11.8 Å². The first-order chi connectivity index (χ1) is 13.7. The summed E-state index contributed by atoms with van der Waals surface area (Å²) in [6.45, 7) is 1.34. The molecule has 1 amide bonds. The number of aryl methyl sites for hydroxylation is 1. The van der Waals surface area contributed by atoms with Crippen molar-refractivity contribution in [3.63, 3.8) is 0 Å². The highest BCUT2D eigenvalue weighted by atomic mass is 32.2. The normalized spacial score (nSPS) is 11.3. The number of halogens is 2. The molecule has 29 heavy (non-hydrogen) atoms. The van der Waals surface area contributed by atoms with Crippen molar-refractivity contribution in [2.45, 2.75) is 23.5 Å². The van der Waals surface area contributed by atoms with Gasteiger partial charge in [0.2, 0.25) is 9.84 Å². The molecule has 3 aromatic rings. The van der Waals surface area contributed by atoms with Gasteiger partial charge >= 0.3 is 6.09 Å². The number of rotatable bonds is 5. The average Bonchev–Trinajstić information content (AvgIpc) is 3.11. The number of alkyl carbamates (subject to hydrolysis) is 1. The Morgan fingerprint density at radius 2 is 1.97 bits per heavy atom. The fourth-order valence-corrected chi connectivity index (χ4v) is 3.78. The van der Waals surface area contributed by atoms with Crippen molar-refractivity contribution in [1.82, 2.24) is 20.1 Å². The van der Waals surface area contributed by atoms with Gasteiger partial charge in [0.1, 0.15) is 23.8 Å². The number of nitrogens with one attached hydrogen (secondary N) is 1. The molecule has 0 saturated carbocycles. The van der Waals surface area contributed by atoms with Gasteiger partial charge in [0, 0.05) is 31.1 Å². The molecule has 3 rings (SSSR count). The molecule has 8 nitrogen and oxygen atoms in total. The minimum atomic E-state index is -4.16. The van der Waals surface area contributed by atoms with E-state index in [9.17, 15) is 22.0 Å². The third-order valence-electron chi connectivity index (χ3n) is 3.89. The first-order valence-corrected chi connectivity index (χ1v) is 9.77. The van der Waals surface area contributed by atoms with E-state index in [1.165, 1.54) is 25.4 Å². The minimum Gasteiger partial charge on any atom is -0.443 e. The summed E-state index contributed by atoms with van der Waals surface area (Å²) in [7, 11) is -2.81. The molecule has 2 heterocycles. The van der Waals surface area contributed by atoms with Crippen LogP contribution in [0.4, 0.5) is 13.6 Å². The largest absolute Gasteiger partial charge is 0.443 e. The number of amides is 1. The van der Waals surface area contributed by atoms with Gasteiger partial charge in [0.15, 0.2) is 10.8 Å². The Bertz CT molecular complexity index is 1160. The van der Waals surface area contributed by atoms with Gasteiger partial charge in [-0.2, -0.15) is 5.10 Å². The fourth-order valence-electron chi connectivity index (χ4n) is 2.44. The first kappa shape index (κ1) is 20.4. The van der Waals surface area contributed by atoms with Crippen molar-refractivity contribution in [2.24, 2.45) is 0 Å². The molecule has 0 radical (unpaired) electrons. The van der Waals surface area contributed by atoms with Crippen LogP contribution in [-0.4, -0.2) is 36.3 Å². The molecule has 0 spiro atoms. The molecule has 0 atom stereocenters. The zero-order valence-electron chi connectivity index (χ0n) is 15.4. The Hall–Kier alpha value is -3.34. The zero-order valence-corrected chi connectivity index (χ0v) is 16.2. The number of aromatic nitrogens is 3. The van der Waals surface area contributed by atoms with Gasteiger partial charge in [-0.15, -0.1) is 0 Å². The molecule has 0 saturated heterocycles. The number of hydrogen-bond donors (Lipinski definition) is 1. The summed E-state index contributed by atoms with van der Waals surface area (Å²) in [5.41, 5.74) is 0.383. The predicted octanol–water partition coefficient (Wildman–Crippen LogP) is 2.54. The SMILES string of the molecule is CNC(=O)OCc1cc(S(=O)(=O)c2ccc(C)nc2)n(-c2ccc(F)cc2F)n1. The molecule has 0 aliphatic heterocycles. The second-order valence-corrected chi connectivity index (χ2v) is 7.84. The second-order valence-electron chi connectivity index (χ2n) is 5.95. The molecule has 1 N–H and O–H groups in total. The molecule has 0 aliphatic rings. The van der Waals surface area contributed by atoms with Crippen LogP contribution in [0.25, 0.3) is 5.69 Å². The lowest BCUT2D eigenvalue weighted by Crippen LogP contribution is -2.19. The van der Waals surface area contributed by atoms with E-state index in [1.54, 1.807) is 6.92 Å². The van der Waals surface area contributed by atoms with E-state index in [4.69, 9.17) is 4.74 Å². The maximum atomic E-state index is 14.3. The Morgan fingerprint density at radius 1 is 1.21 bits per heavy atom. The van der Waals surface area contributed by atoms with Gasteiger partial charge in [-0.1, -0.05) is 0 Å². The summed E-state index contributed by atoms with van der Waals surface area (Å²) >= 11 is 0. The van der Waals surface area contributed by atoms with E-state index in [-0.39, 0.29) is 27.9 Å². The Morgan fingerprint density at radius 3 is 2.59 bits per heavy atom. The van der Waals surface area contributed by atoms with Crippen LogP contribution < -0.4 is 5.32 Å². The summed E-state index contributed by atoms with van der Waals surface area (Å²) < 4.78 is 59.5. The first-order valence-electron chi connectivity index (χ1n) is 8.29. The lowest BCUT2D eigenvalue weighted by atomic mass is 10.3. The van der Waals surface area contributed by atoms with Crippen LogP contribution in [0.15, 0.2) is 52.5 Å². The monoisotopic (exact) mass is 422 g/mol. The molecule has 1 aromatic carbocycles. The molecule has 0 aliphatic carbocycles. The van der Waals surface area contributed by atoms with Gasteiger partial charge in [-0.25, -0.2) is 26.7 Å². The highest BCUT2D eigenvalue weighted by molar-refractivity contribution is 7.91. The molecular formula is C18H16F2N4O4S. The van der Waals surface area contributed by atoms with Crippen LogP contribution in [0.1, 0.15) is 11.4 Å². The molecule has 0 unspecified atom stereocenters. The van der Waals surface area contributed by atoms with Crippen LogP contribution >= 0.6 is 0 Å². The van der Waals surface area contributed by atoms with Crippen LogP contribution in [0.5, 0.6) is 0 Å². The quantitative estimate of drug-likeness (QED) is 0.678. The van der Waals surface area contributed by atoms with E-state index in [0.717, 1.165) is 22.9 Å². The number of ether oxygens (including phenoxy) is 1. The lowest BCUT2D eigenvalue weighted by molar-refractivity contribution is 0.140. The molecule has 152 valence electrons. The van der Waals surface area contributed by atoms with Crippen molar-refractivity contribution in [2.75, 3.05) is 7.05 Å². The van der Waals surface area contributed by atoms with Crippen molar-refractivity contribution in [3.8, 4) is 5.69 Å². The van der Waals surface area contributed by atoms with Crippen LogP contribution in [0.3, 0.4) is 0 Å². The number of pyridine rings is 1. The maximum Gasteiger partial charge on any atom is 0.407 e. The Balaban J connectivity index is 2.14. The van der Waals surface area contributed by atoms with Gasteiger partial charge in [-0.05, 0) is 31.2 Å². The fraction of sp³-hybridized carbons (Fsp3) is 0.167. The highest BCUT2D eigenvalue weighted by Crippen LogP contribution is 2.26. The van der Waals surface area contributed by atoms with Crippen LogP contribution in [0, 0.1) is 18.6 Å². The number of carbonyl (C=O) groups excluding carboxylic acids is 1. The van der Waals surface area contributed by atoms with Crippen molar-refractivity contribution < 1.29 is 26.7 Å². The van der Waals surface area contributed by atoms with Gasteiger partial charge in [0.05, 0.1) is 4.90 Å². The van der Waals surface area contributed by atoms with Gasteiger partial charge < -0.3 is 10.1 Å². The number of nitrogens with zero attached hydrogens (tertiary/aromatic N) is 3. The minimum absolute atomic E-state index is 0.0518.